The fraction of sp³-hybridized carbons (Fsp3) is 0.963. The molecule has 0 aromatic rings. The van der Waals surface area contributed by atoms with Gasteiger partial charge in [-0.1, -0.05) is 71.1 Å². The van der Waals surface area contributed by atoms with Gasteiger partial charge in [0, 0.05) is 38.8 Å². The Bertz CT molecular complexity index is 450. The third-order valence-corrected chi connectivity index (χ3v) is 6.59. The highest BCUT2D eigenvalue weighted by atomic mass is 16.7. The molecule has 0 radical (unpaired) electrons. The van der Waals surface area contributed by atoms with E-state index in [1.807, 2.05) is 7.05 Å². The fourth-order valence-electron chi connectivity index (χ4n) is 4.48. The normalized spacial score (nSPS) is 18.8. The second kappa shape index (κ2) is 21.8. The van der Waals surface area contributed by atoms with E-state index in [1.54, 1.807) is 0 Å². The van der Waals surface area contributed by atoms with Crippen molar-refractivity contribution in [2.45, 2.75) is 122 Å². The first-order valence-corrected chi connectivity index (χ1v) is 13.9. The molecule has 33 heavy (non-hydrogen) atoms. The van der Waals surface area contributed by atoms with Crippen LogP contribution in [0.4, 0.5) is 0 Å². The van der Waals surface area contributed by atoms with Crippen molar-refractivity contribution < 1.29 is 19.0 Å². The van der Waals surface area contributed by atoms with Gasteiger partial charge in [0.25, 0.3) is 0 Å². The van der Waals surface area contributed by atoms with Crippen molar-refractivity contribution in [1.82, 2.24) is 10.2 Å². The summed E-state index contributed by atoms with van der Waals surface area (Å²) in [6, 6.07) is 0.498. The monoisotopic (exact) mass is 470 g/mol. The number of hydrogen-bond donors (Lipinski definition) is 1. The van der Waals surface area contributed by atoms with Crippen LogP contribution >= 0.6 is 0 Å². The molecule has 1 saturated heterocycles. The lowest BCUT2D eigenvalue weighted by molar-refractivity contribution is -0.148. The van der Waals surface area contributed by atoms with E-state index >= 15 is 0 Å². The van der Waals surface area contributed by atoms with Gasteiger partial charge in [0.15, 0.2) is 0 Å². The number of rotatable bonds is 23. The standard InChI is InChI=1S/C27H54N2O4/c1-4-5-6-7-8-9-10-12-15-20-31-24-32-21-16-13-11-14-19-29-23-26(22-25(29)2)33-27(30)17-18-28-3/h25-26,28H,4-24H2,1-3H3/t25-,26+/m1/s1. The summed E-state index contributed by atoms with van der Waals surface area (Å²) in [7, 11) is 1.85. The molecule has 1 heterocycles. The molecule has 0 aromatic carbocycles. The van der Waals surface area contributed by atoms with Crippen LogP contribution in [0.5, 0.6) is 0 Å². The minimum atomic E-state index is -0.0828. The summed E-state index contributed by atoms with van der Waals surface area (Å²) in [5.41, 5.74) is 0. The minimum Gasteiger partial charge on any atom is -0.461 e. The van der Waals surface area contributed by atoms with Crippen LogP contribution in [0.1, 0.15) is 110 Å². The van der Waals surface area contributed by atoms with Crippen molar-refractivity contribution in [2.24, 2.45) is 0 Å². The highest BCUT2D eigenvalue weighted by molar-refractivity contribution is 5.69. The molecule has 1 aliphatic heterocycles. The number of carbonyl (C=O) groups excluding carboxylic acids is 1. The Morgan fingerprint density at radius 3 is 2.06 bits per heavy atom. The second-order valence-electron chi connectivity index (χ2n) is 9.72. The Balaban J connectivity index is 1.82. The fourth-order valence-corrected chi connectivity index (χ4v) is 4.48. The zero-order valence-corrected chi connectivity index (χ0v) is 22.1. The summed E-state index contributed by atoms with van der Waals surface area (Å²) in [4.78, 5) is 14.3. The average molecular weight is 471 g/mol. The third kappa shape index (κ3) is 17.4. The summed E-state index contributed by atoms with van der Waals surface area (Å²) in [6.45, 7) is 9.23. The molecule has 1 rings (SSSR count). The van der Waals surface area contributed by atoms with E-state index in [0.717, 1.165) is 45.6 Å². The molecule has 0 aromatic heterocycles. The first-order valence-electron chi connectivity index (χ1n) is 13.9. The Labute approximate surface area is 204 Å². The topological polar surface area (TPSA) is 60.0 Å². The van der Waals surface area contributed by atoms with Gasteiger partial charge in [-0.3, -0.25) is 9.69 Å². The number of hydrogen-bond acceptors (Lipinski definition) is 6. The van der Waals surface area contributed by atoms with Crippen molar-refractivity contribution in [3.63, 3.8) is 0 Å². The van der Waals surface area contributed by atoms with Gasteiger partial charge in [0.1, 0.15) is 12.9 Å². The average Bonchev–Trinajstić information content (AvgIpc) is 3.15. The Kier molecular flexibility index (Phi) is 20.1. The number of ether oxygens (including phenoxy) is 3. The van der Waals surface area contributed by atoms with Crippen LogP contribution in [-0.4, -0.2) is 69.7 Å². The molecular weight excluding hydrogens is 416 g/mol. The summed E-state index contributed by atoms with van der Waals surface area (Å²) in [5, 5.41) is 2.99. The maximum Gasteiger partial charge on any atom is 0.307 e. The van der Waals surface area contributed by atoms with E-state index in [9.17, 15) is 4.79 Å². The van der Waals surface area contributed by atoms with Crippen molar-refractivity contribution in [3.05, 3.63) is 0 Å². The van der Waals surface area contributed by atoms with E-state index < -0.39 is 0 Å². The number of unbranched alkanes of at least 4 members (excludes halogenated alkanes) is 11. The molecular formula is C27H54N2O4. The van der Waals surface area contributed by atoms with E-state index in [4.69, 9.17) is 14.2 Å². The highest BCUT2D eigenvalue weighted by Crippen LogP contribution is 2.21. The molecule has 0 bridgehead atoms. The van der Waals surface area contributed by atoms with E-state index in [2.05, 4.69) is 24.1 Å². The molecule has 6 heteroatoms. The van der Waals surface area contributed by atoms with Gasteiger partial charge in [-0.25, -0.2) is 0 Å². The molecule has 1 aliphatic rings. The van der Waals surface area contributed by atoms with Gasteiger partial charge < -0.3 is 19.5 Å². The first-order chi connectivity index (χ1) is 16.2. The molecule has 0 spiro atoms. The van der Waals surface area contributed by atoms with Gasteiger partial charge in [-0.2, -0.15) is 0 Å². The van der Waals surface area contributed by atoms with Gasteiger partial charge in [-0.15, -0.1) is 0 Å². The lowest BCUT2D eigenvalue weighted by Crippen LogP contribution is -2.29. The maximum atomic E-state index is 11.8. The van der Waals surface area contributed by atoms with E-state index in [0.29, 0.717) is 25.8 Å². The number of nitrogens with zero attached hydrogens (tertiary/aromatic N) is 1. The molecule has 1 N–H and O–H groups in total. The number of likely N-dealkylation sites (tertiary alicyclic amines) is 1. The van der Waals surface area contributed by atoms with Crippen LogP contribution in [0.25, 0.3) is 0 Å². The van der Waals surface area contributed by atoms with Crippen molar-refractivity contribution in [1.29, 1.82) is 0 Å². The Morgan fingerprint density at radius 2 is 1.45 bits per heavy atom. The summed E-state index contributed by atoms with van der Waals surface area (Å²) >= 11 is 0. The Morgan fingerprint density at radius 1 is 0.879 bits per heavy atom. The lowest BCUT2D eigenvalue weighted by Gasteiger charge is -2.20. The molecule has 1 fully saturated rings. The van der Waals surface area contributed by atoms with Crippen LogP contribution in [0.15, 0.2) is 0 Å². The van der Waals surface area contributed by atoms with Gasteiger partial charge >= 0.3 is 5.97 Å². The number of esters is 1. The van der Waals surface area contributed by atoms with Crippen molar-refractivity contribution in [3.8, 4) is 0 Å². The van der Waals surface area contributed by atoms with Gasteiger partial charge in [0.05, 0.1) is 6.42 Å². The predicted molar refractivity (Wildman–Crippen MR) is 137 cm³/mol. The molecule has 6 nitrogen and oxygen atoms in total. The zero-order chi connectivity index (χ0) is 24.0. The van der Waals surface area contributed by atoms with E-state index in [1.165, 1.54) is 70.6 Å². The largest absolute Gasteiger partial charge is 0.461 e. The molecule has 0 unspecified atom stereocenters. The van der Waals surface area contributed by atoms with Crippen LogP contribution in [0.3, 0.4) is 0 Å². The van der Waals surface area contributed by atoms with Crippen LogP contribution in [0, 0.1) is 0 Å². The number of carbonyl (C=O) groups is 1. The second-order valence-corrected chi connectivity index (χ2v) is 9.72. The molecule has 0 aliphatic carbocycles. The van der Waals surface area contributed by atoms with Gasteiger partial charge in [0.2, 0.25) is 0 Å². The summed E-state index contributed by atoms with van der Waals surface area (Å²) in [6.07, 6.45) is 18.3. The number of nitrogens with one attached hydrogen (secondary N) is 1. The molecule has 2 atom stereocenters. The molecule has 0 saturated carbocycles. The van der Waals surface area contributed by atoms with E-state index in [-0.39, 0.29) is 12.1 Å². The molecule has 0 amide bonds. The smallest absolute Gasteiger partial charge is 0.307 e. The summed E-state index contributed by atoms with van der Waals surface area (Å²) in [5.74, 6) is -0.0828. The van der Waals surface area contributed by atoms with Crippen molar-refractivity contribution >= 4 is 5.97 Å². The highest BCUT2D eigenvalue weighted by Gasteiger charge is 2.30. The quantitative estimate of drug-likeness (QED) is 0.118. The van der Waals surface area contributed by atoms with Gasteiger partial charge in [-0.05, 0) is 39.8 Å². The maximum absolute atomic E-state index is 11.8. The SMILES string of the molecule is CCCCCCCCCCCOCOCCCCCCN1C[C@@H](OC(=O)CCNC)C[C@H]1C. The third-order valence-electron chi connectivity index (χ3n) is 6.59. The summed E-state index contributed by atoms with van der Waals surface area (Å²) < 4.78 is 16.8. The lowest BCUT2D eigenvalue weighted by atomic mass is 10.1. The van der Waals surface area contributed by atoms with Crippen LogP contribution in [0.2, 0.25) is 0 Å². The molecule has 196 valence electrons. The van der Waals surface area contributed by atoms with Crippen LogP contribution < -0.4 is 5.32 Å². The Hall–Kier alpha value is -0.690. The van der Waals surface area contributed by atoms with Crippen molar-refractivity contribution in [2.75, 3.05) is 46.7 Å². The zero-order valence-electron chi connectivity index (χ0n) is 22.1. The predicted octanol–water partition coefficient (Wildman–Crippen LogP) is 5.68. The first kappa shape index (κ1) is 30.3. The minimum absolute atomic E-state index is 0.0632. The van der Waals surface area contributed by atoms with Crippen LogP contribution in [-0.2, 0) is 19.0 Å².